The second-order valence-electron chi connectivity index (χ2n) is 3.70. The van der Waals surface area contributed by atoms with Crippen LogP contribution in [-0.4, -0.2) is 33.9 Å². The molecule has 0 saturated heterocycles. The minimum absolute atomic E-state index is 0.700. The van der Waals surface area contributed by atoms with Crippen molar-refractivity contribution >= 4 is 5.69 Å². The van der Waals surface area contributed by atoms with Gasteiger partial charge >= 0.3 is 0 Å². The molecule has 0 saturated carbocycles. The fourth-order valence-electron chi connectivity index (χ4n) is 1.03. The van der Waals surface area contributed by atoms with E-state index in [4.69, 9.17) is 10.2 Å². The van der Waals surface area contributed by atoms with E-state index in [0.717, 1.165) is 0 Å². The van der Waals surface area contributed by atoms with E-state index >= 15 is 0 Å². The Morgan fingerprint density at radius 3 is 1.82 bits per heavy atom. The zero-order valence-corrected chi connectivity index (χ0v) is 8.77. The molecule has 8 heteroatoms. The molecule has 0 bridgehead atoms. The summed E-state index contributed by atoms with van der Waals surface area (Å²) in [6.45, 7) is -0.190. The molecule has 96 valence electrons. The van der Waals surface area contributed by atoms with Gasteiger partial charge in [-0.25, -0.2) is 0 Å². The van der Waals surface area contributed by atoms with Crippen molar-refractivity contribution < 1.29 is 27.8 Å². The Bertz CT molecular complexity index is 398. The average Bonchev–Trinajstić information content (AvgIpc) is 2.32. The summed E-state index contributed by atoms with van der Waals surface area (Å²) < 4.78 is 51.8. The number of hydrogen-bond donors (Lipinski definition) is 3. The molecule has 1 aromatic rings. The van der Waals surface area contributed by atoms with Crippen molar-refractivity contribution in [3.8, 4) is 0 Å². The Kier molecular flexibility index (Phi) is 3.89. The predicted octanol–water partition coefficient (Wildman–Crippen LogP) is 0.793. The molecule has 1 aromatic heterocycles. The van der Waals surface area contributed by atoms with Gasteiger partial charge in [0.25, 0.3) is 11.9 Å². The number of aliphatic hydroxyl groups excluding tert-OH is 2. The molecule has 4 nitrogen and oxygen atoms in total. The molecule has 0 aliphatic rings. The van der Waals surface area contributed by atoms with Crippen LogP contribution in [-0.2, 0) is 0 Å². The van der Waals surface area contributed by atoms with Gasteiger partial charge in [0, 0.05) is 0 Å². The maximum absolute atomic E-state index is 13.2. The number of rotatable bonds is 4. The summed E-state index contributed by atoms with van der Waals surface area (Å²) in [5.74, 6) is -7.08. The Morgan fingerprint density at radius 2 is 1.47 bits per heavy atom. The second kappa shape index (κ2) is 4.84. The van der Waals surface area contributed by atoms with Crippen molar-refractivity contribution in [2.75, 3.05) is 18.5 Å². The largest absolute Gasteiger partial charge is 0.394 e. The lowest BCUT2D eigenvalue weighted by molar-refractivity contribution is 0.146. The zero-order valence-electron chi connectivity index (χ0n) is 8.77. The average molecular weight is 254 g/mol. The van der Waals surface area contributed by atoms with Gasteiger partial charge in [0.1, 0.15) is 5.69 Å². The second-order valence-corrected chi connectivity index (χ2v) is 3.70. The van der Waals surface area contributed by atoms with Crippen molar-refractivity contribution in [1.29, 1.82) is 0 Å². The van der Waals surface area contributed by atoms with E-state index in [2.05, 4.69) is 4.98 Å². The molecule has 0 aliphatic carbocycles. The van der Waals surface area contributed by atoms with Crippen LogP contribution >= 0.6 is 0 Å². The smallest absolute Gasteiger partial charge is 0.253 e. The summed E-state index contributed by atoms with van der Waals surface area (Å²) in [6, 6.07) is 0. The molecule has 1 rings (SSSR count). The third-order valence-corrected chi connectivity index (χ3v) is 2.12. The molecule has 0 unspecified atom stereocenters. The molecule has 0 spiro atoms. The molecule has 0 atom stereocenters. The van der Waals surface area contributed by atoms with Gasteiger partial charge in [-0.15, -0.1) is 0 Å². The highest BCUT2D eigenvalue weighted by molar-refractivity contribution is 5.47. The normalized spacial score (nSPS) is 11.7. The first-order valence-electron chi connectivity index (χ1n) is 4.54. The van der Waals surface area contributed by atoms with E-state index < -0.39 is 48.0 Å². The van der Waals surface area contributed by atoms with Crippen molar-refractivity contribution in [2.45, 2.75) is 12.5 Å². The molecule has 0 amide bonds. The van der Waals surface area contributed by atoms with Crippen LogP contribution in [0, 0.1) is 23.5 Å². The molecule has 0 aromatic carbocycles. The van der Waals surface area contributed by atoms with Crippen LogP contribution in [0.4, 0.5) is 23.2 Å². The van der Waals surface area contributed by atoms with Gasteiger partial charge in [0.2, 0.25) is 11.6 Å². The van der Waals surface area contributed by atoms with Gasteiger partial charge in [0.05, 0.1) is 18.8 Å². The topological polar surface area (TPSA) is 65.4 Å². The minimum Gasteiger partial charge on any atom is -0.394 e. The Balaban J connectivity index is 3.22. The first kappa shape index (κ1) is 13.7. The molecule has 0 fully saturated rings. The summed E-state index contributed by atoms with van der Waals surface area (Å²) in [4.78, 5) is 2.37. The van der Waals surface area contributed by atoms with Gasteiger partial charge in [-0.2, -0.15) is 22.5 Å². The lowest BCUT2D eigenvalue weighted by Gasteiger charge is -2.27. The number of aliphatic hydroxyl groups is 2. The molecule has 17 heavy (non-hydrogen) atoms. The van der Waals surface area contributed by atoms with Crippen LogP contribution in [0.5, 0.6) is 0 Å². The van der Waals surface area contributed by atoms with E-state index in [9.17, 15) is 17.6 Å². The van der Waals surface area contributed by atoms with Crippen molar-refractivity contribution in [1.82, 2.24) is 4.98 Å². The van der Waals surface area contributed by atoms with E-state index in [1.54, 1.807) is 0 Å². The molecular weight excluding hydrogens is 244 g/mol. The van der Waals surface area contributed by atoms with Crippen molar-refractivity contribution in [3.63, 3.8) is 0 Å². The zero-order chi connectivity index (χ0) is 13.2. The van der Waals surface area contributed by atoms with Crippen molar-refractivity contribution in [3.05, 3.63) is 23.5 Å². The van der Waals surface area contributed by atoms with Crippen LogP contribution in [0.25, 0.3) is 0 Å². The Labute approximate surface area is 93.9 Å². The van der Waals surface area contributed by atoms with E-state index in [1.165, 1.54) is 6.92 Å². The quantitative estimate of drug-likeness (QED) is 0.549. The number of anilines is 1. The van der Waals surface area contributed by atoms with Crippen molar-refractivity contribution in [2.24, 2.45) is 0 Å². The molecule has 0 radical (unpaired) electrons. The van der Waals surface area contributed by atoms with Crippen LogP contribution in [0.15, 0.2) is 0 Å². The van der Waals surface area contributed by atoms with E-state index in [-0.39, 0.29) is 0 Å². The third kappa shape index (κ3) is 2.64. The fraction of sp³-hybridized carbons (Fsp3) is 0.444. The first-order chi connectivity index (χ1) is 7.84. The highest BCUT2D eigenvalue weighted by Crippen LogP contribution is 2.25. The molecular formula is C9H10F4N2O2. The summed E-state index contributed by atoms with van der Waals surface area (Å²) in [7, 11) is 0. The van der Waals surface area contributed by atoms with Crippen LogP contribution in [0.1, 0.15) is 6.92 Å². The minimum atomic E-state index is -1.82. The maximum atomic E-state index is 13.2. The van der Waals surface area contributed by atoms with Crippen LogP contribution < -0.4 is 5.32 Å². The summed E-state index contributed by atoms with van der Waals surface area (Å²) in [5.41, 5.74) is -2.65. The Morgan fingerprint density at radius 1 is 1.06 bits per heavy atom. The summed E-state index contributed by atoms with van der Waals surface area (Å²) >= 11 is 0. The van der Waals surface area contributed by atoms with Gasteiger partial charge in [-0.05, 0) is 6.92 Å². The van der Waals surface area contributed by atoms with Crippen LogP contribution in [0.2, 0.25) is 0 Å². The van der Waals surface area contributed by atoms with E-state index in [1.807, 2.05) is 5.32 Å². The van der Waals surface area contributed by atoms with Gasteiger partial charge < -0.3 is 15.5 Å². The molecule has 0 aliphatic heterocycles. The summed E-state index contributed by atoms with van der Waals surface area (Å²) in [6.07, 6.45) is 0. The first-order valence-corrected chi connectivity index (χ1v) is 4.54. The fourth-order valence-corrected chi connectivity index (χ4v) is 1.03. The maximum Gasteiger partial charge on any atom is 0.253 e. The Hall–Kier alpha value is -1.41. The van der Waals surface area contributed by atoms with Gasteiger partial charge in [-0.1, -0.05) is 0 Å². The highest BCUT2D eigenvalue weighted by Gasteiger charge is 2.28. The molecule has 1 heterocycles. The monoisotopic (exact) mass is 254 g/mol. The number of aromatic nitrogens is 1. The highest BCUT2D eigenvalue weighted by atomic mass is 19.2. The number of pyridine rings is 1. The lowest BCUT2D eigenvalue weighted by atomic mass is 10.1. The van der Waals surface area contributed by atoms with Crippen LogP contribution in [0.3, 0.4) is 0 Å². The lowest BCUT2D eigenvalue weighted by Crippen LogP contribution is -2.43. The third-order valence-electron chi connectivity index (χ3n) is 2.12. The number of hydrogen-bond acceptors (Lipinski definition) is 4. The molecule has 3 N–H and O–H groups in total. The van der Waals surface area contributed by atoms with Gasteiger partial charge in [0.15, 0.2) is 0 Å². The predicted molar refractivity (Wildman–Crippen MR) is 50.3 cm³/mol. The summed E-state index contributed by atoms with van der Waals surface area (Å²) in [5, 5.41) is 19.8. The standard InChI is InChI=1S/C9H10F4N2O2/c1-9(2-16,3-17)15-6-4(10)7(12)14-8(13)5(6)11/h16-17H,2-3H2,1H3,(H,14,15). The van der Waals surface area contributed by atoms with E-state index in [0.29, 0.717) is 0 Å². The number of nitrogens with one attached hydrogen (secondary N) is 1. The SMILES string of the molecule is CC(CO)(CO)Nc1c(F)c(F)nc(F)c1F. The van der Waals surface area contributed by atoms with Gasteiger partial charge in [-0.3, -0.25) is 0 Å². The number of nitrogens with zero attached hydrogens (tertiary/aromatic N) is 1. The number of halogens is 4.